The molecule has 1 amide bonds. The zero-order valence-corrected chi connectivity index (χ0v) is 13.8. The Hall–Kier alpha value is -1.47. The molecule has 23 heavy (non-hydrogen) atoms. The van der Waals surface area contributed by atoms with E-state index in [-0.39, 0.29) is 17.9 Å². The largest absolute Gasteiger partial charge is 0.381 e. The van der Waals surface area contributed by atoms with Crippen LogP contribution in [0.4, 0.5) is 0 Å². The van der Waals surface area contributed by atoms with Crippen molar-refractivity contribution < 1.29 is 18.8 Å². The van der Waals surface area contributed by atoms with Gasteiger partial charge in [0, 0.05) is 13.2 Å². The number of nitrogens with zero attached hydrogens (tertiary/aromatic N) is 2. The smallest absolute Gasteiger partial charge is 0.249 e. The Morgan fingerprint density at radius 2 is 2.09 bits per heavy atom. The summed E-state index contributed by atoms with van der Waals surface area (Å²) < 4.78 is 16.4. The van der Waals surface area contributed by atoms with E-state index in [4.69, 9.17) is 14.0 Å². The fraction of sp³-hybridized carbons (Fsp3) is 0.812. The van der Waals surface area contributed by atoms with Crippen LogP contribution in [0, 0.1) is 18.8 Å². The van der Waals surface area contributed by atoms with Crippen molar-refractivity contribution in [1.29, 1.82) is 0 Å². The second-order valence-electron chi connectivity index (χ2n) is 6.53. The van der Waals surface area contributed by atoms with E-state index in [1.807, 2.05) is 0 Å². The second kappa shape index (κ2) is 7.40. The fourth-order valence-corrected chi connectivity index (χ4v) is 2.78. The highest BCUT2D eigenvalue weighted by atomic mass is 16.5. The summed E-state index contributed by atoms with van der Waals surface area (Å²) in [7, 11) is 0. The third kappa shape index (κ3) is 4.51. The molecule has 0 radical (unpaired) electrons. The topological polar surface area (TPSA) is 86.5 Å². The van der Waals surface area contributed by atoms with E-state index in [2.05, 4.69) is 15.5 Å². The molecule has 2 fully saturated rings. The average Bonchev–Trinajstić information content (AvgIpc) is 3.30. The van der Waals surface area contributed by atoms with Gasteiger partial charge < -0.3 is 19.3 Å². The first-order valence-corrected chi connectivity index (χ1v) is 8.43. The van der Waals surface area contributed by atoms with Gasteiger partial charge in [0.05, 0.1) is 6.61 Å². The van der Waals surface area contributed by atoms with Gasteiger partial charge in [-0.2, -0.15) is 4.98 Å². The molecule has 1 aliphatic carbocycles. The van der Waals surface area contributed by atoms with Gasteiger partial charge in [0.1, 0.15) is 12.1 Å². The second-order valence-corrected chi connectivity index (χ2v) is 6.53. The maximum atomic E-state index is 12.5. The lowest BCUT2D eigenvalue weighted by Gasteiger charge is -2.29. The molecule has 1 aromatic heterocycles. The molecule has 0 bridgehead atoms. The van der Waals surface area contributed by atoms with E-state index < -0.39 is 6.10 Å². The lowest BCUT2D eigenvalue weighted by Crippen LogP contribution is -2.41. The Labute approximate surface area is 136 Å². The third-order valence-electron chi connectivity index (χ3n) is 4.49. The van der Waals surface area contributed by atoms with E-state index in [1.54, 1.807) is 13.8 Å². The van der Waals surface area contributed by atoms with Crippen molar-refractivity contribution in [3.05, 3.63) is 11.7 Å². The molecule has 1 aromatic rings. The van der Waals surface area contributed by atoms with Crippen molar-refractivity contribution in [2.75, 3.05) is 19.8 Å². The summed E-state index contributed by atoms with van der Waals surface area (Å²) in [6, 6.07) is -0.278. The Morgan fingerprint density at radius 3 is 2.70 bits per heavy atom. The molecule has 1 N–H and O–H groups in total. The van der Waals surface area contributed by atoms with Crippen molar-refractivity contribution in [2.24, 2.45) is 11.8 Å². The Kier molecular flexibility index (Phi) is 5.27. The van der Waals surface area contributed by atoms with E-state index in [0.29, 0.717) is 37.5 Å². The highest BCUT2D eigenvalue weighted by molar-refractivity contribution is 5.80. The van der Waals surface area contributed by atoms with Crippen LogP contribution in [-0.4, -0.2) is 42.0 Å². The maximum absolute atomic E-state index is 12.5. The standard InChI is InChI=1S/C16H25N3O4/c1-10(22-9-12-3-4-12)15(20)18-14(13-5-7-21-8-6-13)16-17-11(2)19-23-16/h10,12-14H,3-9H2,1-2H3,(H,18,20)/t10-,14+/m1/s1. The zero-order chi connectivity index (χ0) is 16.2. The molecule has 1 saturated carbocycles. The van der Waals surface area contributed by atoms with Crippen LogP contribution in [-0.2, 0) is 14.3 Å². The van der Waals surface area contributed by atoms with Crippen molar-refractivity contribution in [2.45, 2.75) is 51.7 Å². The highest BCUT2D eigenvalue weighted by Gasteiger charge is 2.32. The predicted molar refractivity (Wildman–Crippen MR) is 81.6 cm³/mol. The quantitative estimate of drug-likeness (QED) is 0.823. The normalized spacial score (nSPS) is 21.8. The van der Waals surface area contributed by atoms with Crippen LogP contribution >= 0.6 is 0 Å². The van der Waals surface area contributed by atoms with Gasteiger partial charge in [-0.25, -0.2) is 0 Å². The summed E-state index contributed by atoms with van der Waals surface area (Å²) in [6.45, 7) is 5.61. The van der Waals surface area contributed by atoms with Gasteiger partial charge in [-0.15, -0.1) is 0 Å². The minimum absolute atomic E-state index is 0.127. The van der Waals surface area contributed by atoms with E-state index in [0.717, 1.165) is 12.8 Å². The summed E-state index contributed by atoms with van der Waals surface area (Å²) in [5, 5.41) is 6.90. The van der Waals surface area contributed by atoms with Crippen LogP contribution in [0.3, 0.4) is 0 Å². The SMILES string of the molecule is Cc1noc([C@@H](NC(=O)[C@@H](C)OCC2CC2)C2CCOCC2)n1. The number of carbonyl (C=O) groups excluding carboxylic acids is 1. The predicted octanol–water partition coefficient (Wildman–Crippen LogP) is 1.78. The van der Waals surface area contributed by atoms with Gasteiger partial charge in [0.15, 0.2) is 5.82 Å². The molecule has 0 spiro atoms. The molecular weight excluding hydrogens is 298 g/mol. The number of aryl methyl sites for hydroxylation is 1. The van der Waals surface area contributed by atoms with Crippen molar-refractivity contribution in [1.82, 2.24) is 15.5 Å². The van der Waals surface area contributed by atoms with Crippen LogP contribution in [0.1, 0.15) is 50.4 Å². The van der Waals surface area contributed by atoms with Gasteiger partial charge >= 0.3 is 0 Å². The summed E-state index contributed by atoms with van der Waals surface area (Å²) >= 11 is 0. The van der Waals surface area contributed by atoms with Crippen LogP contribution in [0.5, 0.6) is 0 Å². The minimum Gasteiger partial charge on any atom is -0.381 e. The molecule has 2 atom stereocenters. The number of amides is 1. The summed E-state index contributed by atoms with van der Waals surface area (Å²) in [5.41, 5.74) is 0. The first kappa shape index (κ1) is 16.4. The lowest BCUT2D eigenvalue weighted by molar-refractivity contribution is -0.133. The Bertz CT molecular complexity index is 523. The van der Waals surface area contributed by atoms with Crippen LogP contribution in [0.25, 0.3) is 0 Å². The fourth-order valence-electron chi connectivity index (χ4n) is 2.78. The summed E-state index contributed by atoms with van der Waals surface area (Å²) in [5.74, 6) is 1.79. The molecule has 3 rings (SSSR count). The summed E-state index contributed by atoms with van der Waals surface area (Å²) in [4.78, 5) is 16.8. The number of ether oxygens (including phenoxy) is 2. The van der Waals surface area contributed by atoms with Crippen molar-refractivity contribution >= 4 is 5.91 Å². The molecular formula is C16H25N3O4. The van der Waals surface area contributed by atoms with Gasteiger partial charge in [0.25, 0.3) is 0 Å². The zero-order valence-electron chi connectivity index (χ0n) is 13.8. The number of rotatable bonds is 7. The van der Waals surface area contributed by atoms with Crippen LogP contribution in [0.2, 0.25) is 0 Å². The van der Waals surface area contributed by atoms with Gasteiger partial charge in [0.2, 0.25) is 11.8 Å². The van der Waals surface area contributed by atoms with Gasteiger partial charge in [-0.1, -0.05) is 5.16 Å². The number of carbonyl (C=O) groups is 1. The molecule has 2 heterocycles. The number of nitrogens with one attached hydrogen (secondary N) is 1. The first-order chi connectivity index (χ1) is 11.1. The Balaban J connectivity index is 1.63. The highest BCUT2D eigenvalue weighted by Crippen LogP contribution is 2.30. The first-order valence-electron chi connectivity index (χ1n) is 8.43. The number of aromatic nitrogens is 2. The van der Waals surface area contributed by atoms with E-state index in [1.165, 1.54) is 12.8 Å². The minimum atomic E-state index is -0.470. The monoisotopic (exact) mass is 323 g/mol. The van der Waals surface area contributed by atoms with Gasteiger partial charge in [-0.3, -0.25) is 4.79 Å². The molecule has 7 nitrogen and oxygen atoms in total. The number of hydrogen-bond acceptors (Lipinski definition) is 6. The van der Waals surface area contributed by atoms with Gasteiger partial charge in [-0.05, 0) is 51.4 Å². The lowest BCUT2D eigenvalue weighted by atomic mass is 9.91. The molecule has 0 unspecified atom stereocenters. The molecule has 128 valence electrons. The average molecular weight is 323 g/mol. The molecule has 1 saturated heterocycles. The van der Waals surface area contributed by atoms with E-state index >= 15 is 0 Å². The third-order valence-corrected chi connectivity index (χ3v) is 4.49. The molecule has 0 aromatic carbocycles. The molecule has 2 aliphatic rings. The van der Waals surface area contributed by atoms with Crippen molar-refractivity contribution in [3.8, 4) is 0 Å². The maximum Gasteiger partial charge on any atom is 0.249 e. The number of hydrogen-bond donors (Lipinski definition) is 1. The van der Waals surface area contributed by atoms with E-state index in [9.17, 15) is 4.79 Å². The molecule has 7 heteroatoms. The Morgan fingerprint density at radius 1 is 1.35 bits per heavy atom. The molecule has 1 aliphatic heterocycles. The summed E-state index contributed by atoms with van der Waals surface area (Å²) in [6.07, 6.45) is 3.68. The van der Waals surface area contributed by atoms with Crippen LogP contribution < -0.4 is 5.32 Å². The van der Waals surface area contributed by atoms with Crippen molar-refractivity contribution in [3.63, 3.8) is 0 Å². The van der Waals surface area contributed by atoms with Crippen LogP contribution in [0.15, 0.2) is 4.52 Å².